The van der Waals surface area contributed by atoms with E-state index in [-0.39, 0.29) is 5.11 Å². The number of nitrogens with one attached hydrogen (secondary N) is 2. The molecule has 3 nitrogen and oxygen atoms in total. The lowest BCUT2D eigenvalue weighted by Crippen LogP contribution is -2.31. The Balaban J connectivity index is 2.62. The highest BCUT2D eigenvalue weighted by Crippen LogP contribution is 2.29. The molecule has 19 heavy (non-hydrogen) atoms. The Labute approximate surface area is 114 Å². The highest BCUT2D eigenvalue weighted by Gasteiger charge is 2.30. The summed E-state index contributed by atoms with van der Waals surface area (Å²) in [5.41, 5.74) is 2.09. The van der Waals surface area contributed by atoms with Gasteiger partial charge in [0, 0.05) is 6.54 Å². The minimum absolute atomic E-state index is 0.267. The van der Waals surface area contributed by atoms with E-state index >= 15 is 0 Å². The van der Waals surface area contributed by atoms with Crippen LogP contribution in [0.1, 0.15) is 11.1 Å². The summed E-state index contributed by atoms with van der Waals surface area (Å²) in [5, 5.41) is 6.77. The topological polar surface area (TPSA) is 36.4 Å². The third-order valence-electron chi connectivity index (χ3n) is 2.00. The summed E-state index contributed by atoms with van der Waals surface area (Å²) in [6, 6.07) is 4.84. The molecule has 1 aromatic carbocycles. The average molecular weight is 287 g/mol. The Morgan fingerprint density at radius 1 is 1.42 bits per heavy atom. The second-order valence-corrected chi connectivity index (χ2v) is 3.90. The molecular formula is C12H12F3N3S. The maximum absolute atomic E-state index is 12.5. The second kappa shape index (κ2) is 6.89. The molecule has 0 saturated carbocycles. The summed E-state index contributed by atoms with van der Waals surface area (Å²) in [4.78, 5) is 0. The van der Waals surface area contributed by atoms with Crippen LogP contribution < -0.4 is 10.7 Å². The van der Waals surface area contributed by atoms with Crippen LogP contribution in [-0.4, -0.2) is 17.9 Å². The molecule has 102 valence electrons. The number of hydrogen-bond acceptors (Lipinski definition) is 2. The predicted molar refractivity (Wildman–Crippen MR) is 73.0 cm³/mol. The molecule has 0 bridgehead atoms. The molecule has 1 aromatic rings. The van der Waals surface area contributed by atoms with Crippen molar-refractivity contribution in [2.24, 2.45) is 5.10 Å². The fourth-order valence-corrected chi connectivity index (χ4v) is 1.30. The third-order valence-corrected chi connectivity index (χ3v) is 2.24. The summed E-state index contributed by atoms with van der Waals surface area (Å²) < 4.78 is 37.4. The summed E-state index contributed by atoms with van der Waals surface area (Å²) in [6.45, 7) is 3.98. The zero-order valence-electron chi connectivity index (χ0n) is 9.87. The first-order valence-electron chi connectivity index (χ1n) is 5.28. The van der Waals surface area contributed by atoms with E-state index in [9.17, 15) is 13.2 Å². The Morgan fingerprint density at radius 3 is 2.79 bits per heavy atom. The number of thiocarbonyl (C=S) groups is 1. The van der Waals surface area contributed by atoms with Crippen LogP contribution in [0.25, 0.3) is 0 Å². The van der Waals surface area contributed by atoms with Crippen LogP contribution >= 0.6 is 12.2 Å². The van der Waals surface area contributed by atoms with Crippen LogP contribution in [-0.2, 0) is 6.18 Å². The molecule has 0 atom stereocenters. The van der Waals surface area contributed by atoms with E-state index in [0.29, 0.717) is 12.1 Å². The van der Waals surface area contributed by atoms with Gasteiger partial charge in [0.1, 0.15) is 0 Å². The standard InChI is InChI=1S/C12H12F3N3S/c1-2-6-16-11(19)18-17-8-9-4-3-5-10(7-9)12(13,14)15/h2-5,7-8H,1,6H2,(H2,16,18,19)/b17-8-. The van der Waals surface area contributed by atoms with E-state index in [2.05, 4.69) is 22.4 Å². The first kappa shape index (κ1) is 15.2. The predicted octanol–water partition coefficient (Wildman–Crippen LogP) is 2.69. The Morgan fingerprint density at radius 2 is 2.16 bits per heavy atom. The molecule has 0 aromatic heterocycles. The van der Waals surface area contributed by atoms with Gasteiger partial charge in [0.2, 0.25) is 0 Å². The third kappa shape index (κ3) is 5.52. The Kier molecular flexibility index (Phi) is 5.50. The first-order chi connectivity index (χ1) is 8.93. The van der Waals surface area contributed by atoms with Crippen LogP contribution in [0.5, 0.6) is 0 Å². The molecule has 0 aliphatic heterocycles. The first-order valence-corrected chi connectivity index (χ1v) is 5.69. The van der Waals surface area contributed by atoms with Crippen LogP contribution in [0.4, 0.5) is 13.2 Å². The van der Waals surface area contributed by atoms with Gasteiger partial charge in [-0.05, 0) is 29.9 Å². The summed E-state index contributed by atoms with van der Waals surface area (Å²) in [5.74, 6) is 0. The van der Waals surface area contributed by atoms with Gasteiger partial charge in [-0.15, -0.1) is 6.58 Å². The second-order valence-electron chi connectivity index (χ2n) is 3.49. The van der Waals surface area contributed by atoms with Gasteiger partial charge in [-0.3, -0.25) is 5.43 Å². The largest absolute Gasteiger partial charge is 0.416 e. The van der Waals surface area contributed by atoms with Crippen molar-refractivity contribution in [1.82, 2.24) is 10.7 Å². The molecule has 2 N–H and O–H groups in total. The van der Waals surface area contributed by atoms with Gasteiger partial charge in [0.15, 0.2) is 5.11 Å². The highest BCUT2D eigenvalue weighted by atomic mass is 32.1. The van der Waals surface area contributed by atoms with E-state index in [1.807, 2.05) is 0 Å². The van der Waals surface area contributed by atoms with Crippen molar-refractivity contribution in [3.8, 4) is 0 Å². The molecule has 0 spiro atoms. The van der Waals surface area contributed by atoms with Crippen LogP contribution in [0.2, 0.25) is 0 Å². The Hall–Kier alpha value is -1.89. The quantitative estimate of drug-likeness (QED) is 0.387. The lowest BCUT2D eigenvalue weighted by Gasteiger charge is -2.06. The van der Waals surface area contributed by atoms with Crippen LogP contribution in [0.15, 0.2) is 42.0 Å². The molecule has 0 aliphatic rings. The molecular weight excluding hydrogens is 275 g/mol. The van der Waals surface area contributed by atoms with Gasteiger partial charge >= 0.3 is 6.18 Å². The van der Waals surface area contributed by atoms with Crippen molar-refractivity contribution < 1.29 is 13.2 Å². The van der Waals surface area contributed by atoms with E-state index in [1.54, 1.807) is 6.08 Å². The number of alkyl halides is 3. The minimum Gasteiger partial charge on any atom is -0.358 e. The summed E-state index contributed by atoms with van der Waals surface area (Å²) in [7, 11) is 0. The lowest BCUT2D eigenvalue weighted by molar-refractivity contribution is -0.137. The minimum atomic E-state index is -4.36. The van der Waals surface area contributed by atoms with Crippen molar-refractivity contribution in [3.63, 3.8) is 0 Å². The molecule has 0 amide bonds. The zero-order valence-corrected chi connectivity index (χ0v) is 10.7. The van der Waals surface area contributed by atoms with E-state index in [0.717, 1.165) is 12.1 Å². The number of nitrogens with zero attached hydrogens (tertiary/aromatic N) is 1. The normalized spacial score (nSPS) is 11.3. The van der Waals surface area contributed by atoms with Crippen molar-refractivity contribution in [3.05, 3.63) is 48.0 Å². The summed E-state index contributed by atoms with van der Waals surface area (Å²) >= 11 is 4.86. The fraction of sp³-hybridized carbons (Fsp3) is 0.167. The molecule has 0 radical (unpaired) electrons. The highest BCUT2D eigenvalue weighted by molar-refractivity contribution is 7.80. The van der Waals surface area contributed by atoms with Gasteiger partial charge < -0.3 is 5.32 Å². The van der Waals surface area contributed by atoms with Crippen molar-refractivity contribution in [2.45, 2.75) is 6.18 Å². The van der Waals surface area contributed by atoms with E-state index in [1.165, 1.54) is 18.3 Å². The number of hydrogen-bond donors (Lipinski definition) is 2. The molecule has 0 saturated heterocycles. The van der Waals surface area contributed by atoms with Crippen LogP contribution in [0, 0.1) is 0 Å². The van der Waals surface area contributed by atoms with Gasteiger partial charge in [-0.25, -0.2) is 0 Å². The number of hydrazone groups is 1. The molecule has 1 rings (SSSR count). The van der Waals surface area contributed by atoms with Gasteiger partial charge in [0.25, 0.3) is 0 Å². The zero-order chi connectivity index (χ0) is 14.3. The van der Waals surface area contributed by atoms with E-state index in [4.69, 9.17) is 12.2 Å². The van der Waals surface area contributed by atoms with E-state index < -0.39 is 11.7 Å². The van der Waals surface area contributed by atoms with Gasteiger partial charge in [0.05, 0.1) is 11.8 Å². The lowest BCUT2D eigenvalue weighted by atomic mass is 10.1. The average Bonchev–Trinajstić information content (AvgIpc) is 2.36. The number of halogens is 3. The van der Waals surface area contributed by atoms with Gasteiger partial charge in [-0.1, -0.05) is 18.2 Å². The smallest absolute Gasteiger partial charge is 0.358 e. The molecule has 0 heterocycles. The molecule has 0 fully saturated rings. The van der Waals surface area contributed by atoms with Gasteiger partial charge in [-0.2, -0.15) is 18.3 Å². The maximum atomic E-state index is 12.5. The summed E-state index contributed by atoms with van der Waals surface area (Å²) in [6.07, 6.45) is -1.49. The van der Waals surface area contributed by atoms with Crippen molar-refractivity contribution in [2.75, 3.05) is 6.54 Å². The van der Waals surface area contributed by atoms with Crippen molar-refractivity contribution >= 4 is 23.5 Å². The maximum Gasteiger partial charge on any atom is 0.416 e. The molecule has 7 heteroatoms. The number of benzene rings is 1. The Bertz CT molecular complexity index is 483. The monoisotopic (exact) mass is 287 g/mol. The molecule has 0 unspecified atom stereocenters. The molecule has 0 aliphatic carbocycles. The fourth-order valence-electron chi connectivity index (χ4n) is 1.17. The number of rotatable bonds is 4. The SMILES string of the molecule is C=CCNC(=S)N/N=C\c1cccc(C(F)(F)F)c1. The van der Waals surface area contributed by atoms with Crippen molar-refractivity contribution in [1.29, 1.82) is 0 Å². The van der Waals surface area contributed by atoms with Crippen LogP contribution in [0.3, 0.4) is 0 Å².